The van der Waals surface area contributed by atoms with Gasteiger partial charge >= 0.3 is 0 Å². The molecule has 0 saturated carbocycles. The van der Waals surface area contributed by atoms with E-state index in [0.29, 0.717) is 6.04 Å². The maximum atomic E-state index is 4.90. The van der Waals surface area contributed by atoms with E-state index in [4.69, 9.17) is 9.97 Å². The summed E-state index contributed by atoms with van der Waals surface area (Å²) in [6, 6.07) is 4.93. The van der Waals surface area contributed by atoms with Gasteiger partial charge in [-0.25, -0.2) is 9.97 Å². The van der Waals surface area contributed by atoms with Crippen LogP contribution in [0, 0.1) is 34.6 Å². The Bertz CT molecular complexity index is 1060. The molecule has 6 heteroatoms. The van der Waals surface area contributed by atoms with Crippen LogP contribution >= 0.6 is 0 Å². The molecule has 0 amide bonds. The number of nitrogens with zero attached hydrogens (tertiary/aromatic N) is 5. The van der Waals surface area contributed by atoms with Crippen molar-refractivity contribution in [3.05, 3.63) is 45.9 Å². The molecule has 1 fully saturated rings. The van der Waals surface area contributed by atoms with Crippen molar-refractivity contribution in [1.29, 1.82) is 0 Å². The minimum atomic E-state index is 0.525. The molecule has 1 aromatic carbocycles. The van der Waals surface area contributed by atoms with Crippen molar-refractivity contribution < 1.29 is 0 Å². The van der Waals surface area contributed by atoms with Gasteiger partial charge in [0.2, 0.25) is 5.95 Å². The maximum absolute atomic E-state index is 4.90. The van der Waals surface area contributed by atoms with E-state index in [1.807, 2.05) is 0 Å². The number of piperidine rings is 1. The van der Waals surface area contributed by atoms with Crippen LogP contribution in [0.3, 0.4) is 0 Å². The first-order chi connectivity index (χ1) is 14.4. The summed E-state index contributed by atoms with van der Waals surface area (Å²) in [6.07, 6.45) is 2.21. The third kappa shape index (κ3) is 3.93. The van der Waals surface area contributed by atoms with Crippen LogP contribution in [-0.2, 0) is 13.1 Å². The Balaban J connectivity index is 1.41. The van der Waals surface area contributed by atoms with Crippen molar-refractivity contribution in [2.75, 3.05) is 18.0 Å². The summed E-state index contributed by atoms with van der Waals surface area (Å²) in [6.45, 7) is 16.6. The standard InChI is InChI=1S/C24H34N6/c1-7-30-19(6)22(18(5)28-30)14-25-20-8-10-29(11-9-20)24-26-17(4)21-12-15(2)16(3)13-23(21)27-24/h12-13,20,25H,7-11,14H2,1-6H3. The lowest BCUT2D eigenvalue weighted by Crippen LogP contribution is -2.43. The van der Waals surface area contributed by atoms with Crippen LogP contribution in [0.2, 0.25) is 0 Å². The monoisotopic (exact) mass is 406 g/mol. The lowest BCUT2D eigenvalue weighted by Gasteiger charge is -2.32. The Hall–Kier alpha value is -2.47. The van der Waals surface area contributed by atoms with E-state index in [1.165, 1.54) is 22.4 Å². The number of aryl methyl sites for hydroxylation is 5. The first kappa shape index (κ1) is 20.8. The fourth-order valence-electron chi connectivity index (χ4n) is 4.50. The van der Waals surface area contributed by atoms with E-state index < -0.39 is 0 Å². The molecule has 3 aromatic rings. The van der Waals surface area contributed by atoms with Gasteiger partial charge in [-0.3, -0.25) is 4.68 Å². The smallest absolute Gasteiger partial charge is 0.226 e. The molecule has 0 aliphatic carbocycles. The lowest BCUT2D eigenvalue weighted by atomic mass is 10.0. The third-order valence-electron chi connectivity index (χ3n) is 6.67. The summed E-state index contributed by atoms with van der Waals surface area (Å²) in [5.74, 6) is 0.873. The highest BCUT2D eigenvalue weighted by Gasteiger charge is 2.22. The zero-order valence-electron chi connectivity index (χ0n) is 19.2. The average molecular weight is 407 g/mol. The summed E-state index contributed by atoms with van der Waals surface area (Å²) in [4.78, 5) is 12.1. The van der Waals surface area contributed by atoms with E-state index in [-0.39, 0.29) is 0 Å². The molecular weight excluding hydrogens is 372 g/mol. The molecule has 1 N–H and O–H groups in total. The van der Waals surface area contributed by atoms with Crippen LogP contribution in [-0.4, -0.2) is 38.9 Å². The number of hydrogen-bond acceptors (Lipinski definition) is 5. The maximum Gasteiger partial charge on any atom is 0.226 e. The molecule has 0 atom stereocenters. The van der Waals surface area contributed by atoms with Crippen molar-refractivity contribution in [2.24, 2.45) is 0 Å². The number of aromatic nitrogens is 4. The van der Waals surface area contributed by atoms with Crippen LogP contribution in [0.1, 0.15) is 53.5 Å². The van der Waals surface area contributed by atoms with E-state index in [2.05, 4.69) is 73.7 Å². The Morgan fingerprint density at radius 3 is 2.33 bits per heavy atom. The van der Waals surface area contributed by atoms with Gasteiger partial charge in [-0.05, 0) is 77.6 Å². The molecule has 3 heterocycles. The second-order valence-electron chi connectivity index (χ2n) is 8.67. The van der Waals surface area contributed by atoms with Gasteiger partial charge in [0.1, 0.15) is 0 Å². The quantitative estimate of drug-likeness (QED) is 0.690. The minimum Gasteiger partial charge on any atom is -0.341 e. The summed E-state index contributed by atoms with van der Waals surface area (Å²) in [7, 11) is 0. The van der Waals surface area contributed by atoms with Crippen LogP contribution in [0.25, 0.3) is 10.9 Å². The van der Waals surface area contributed by atoms with Crippen molar-refractivity contribution in [2.45, 2.75) is 73.5 Å². The SMILES string of the molecule is CCn1nc(C)c(CNC2CCN(c3nc(C)c4cc(C)c(C)cc4n3)CC2)c1C. The number of anilines is 1. The second-order valence-corrected chi connectivity index (χ2v) is 8.67. The Labute approximate surface area is 179 Å². The molecule has 1 saturated heterocycles. The van der Waals surface area contributed by atoms with Gasteiger partial charge in [-0.2, -0.15) is 5.10 Å². The molecular formula is C24H34N6. The number of fused-ring (bicyclic) bond motifs is 1. The molecule has 6 nitrogen and oxygen atoms in total. The molecule has 0 spiro atoms. The first-order valence-corrected chi connectivity index (χ1v) is 11.1. The molecule has 0 unspecified atom stereocenters. The summed E-state index contributed by atoms with van der Waals surface area (Å²) in [5.41, 5.74) is 8.47. The third-order valence-corrected chi connectivity index (χ3v) is 6.67. The Morgan fingerprint density at radius 1 is 0.967 bits per heavy atom. The van der Waals surface area contributed by atoms with E-state index in [0.717, 1.165) is 67.3 Å². The first-order valence-electron chi connectivity index (χ1n) is 11.1. The minimum absolute atomic E-state index is 0.525. The highest BCUT2D eigenvalue weighted by Crippen LogP contribution is 2.24. The zero-order chi connectivity index (χ0) is 21.4. The van der Waals surface area contributed by atoms with E-state index >= 15 is 0 Å². The highest BCUT2D eigenvalue weighted by atomic mass is 15.3. The largest absolute Gasteiger partial charge is 0.341 e. The van der Waals surface area contributed by atoms with Crippen LogP contribution in [0.4, 0.5) is 5.95 Å². The molecule has 2 aromatic heterocycles. The van der Waals surface area contributed by atoms with Gasteiger partial charge in [0.25, 0.3) is 0 Å². The predicted octanol–water partition coefficient (Wildman–Crippen LogP) is 4.15. The lowest BCUT2D eigenvalue weighted by molar-refractivity contribution is 0.410. The number of hydrogen-bond donors (Lipinski definition) is 1. The fraction of sp³-hybridized carbons (Fsp3) is 0.542. The van der Waals surface area contributed by atoms with Gasteiger partial charge < -0.3 is 10.2 Å². The molecule has 1 aliphatic rings. The molecule has 0 bridgehead atoms. The summed E-state index contributed by atoms with van der Waals surface area (Å²) >= 11 is 0. The number of rotatable bonds is 5. The normalized spacial score (nSPS) is 15.3. The van der Waals surface area contributed by atoms with Gasteiger partial charge in [-0.1, -0.05) is 0 Å². The summed E-state index contributed by atoms with van der Waals surface area (Å²) in [5, 5.41) is 9.57. The highest BCUT2D eigenvalue weighted by molar-refractivity contribution is 5.83. The zero-order valence-corrected chi connectivity index (χ0v) is 19.2. The van der Waals surface area contributed by atoms with Gasteiger partial charge in [0, 0.05) is 48.9 Å². The predicted molar refractivity (Wildman–Crippen MR) is 123 cm³/mol. The Morgan fingerprint density at radius 2 is 1.67 bits per heavy atom. The van der Waals surface area contributed by atoms with Gasteiger partial charge in [0.05, 0.1) is 16.9 Å². The molecule has 160 valence electrons. The van der Waals surface area contributed by atoms with Crippen LogP contribution in [0.5, 0.6) is 0 Å². The van der Waals surface area contributed by atoms with Crippen molar-refractivity contribution in [3.8, 4) is 0 Å². The molecule has 4 rings (SSSR count). The summed E-state index contributed by atoms with van der Waals surface area (Å²) < 4.78 is 2.09. The fourth-order valence-corrected chi connectivity index (χ4v) is 4.50. The van der Waals surface area contributed by atoms with Crippen LogP contribution in [0.15, 0.2) is 12.1 Å². The van der Waals surface area contributed by atoms with E-state index in [9.17, 15) is 0 Å². The van der Waals surface area contributed by atoms with Crippen molar-refractivity contribution in [3.63, 3.8) is 0 Å². The molecule has 30 heavy (non-hydrogen) atoms. The molecule has 0 radical (unpaired) electrons. The van der Waals surface area contributed by atoms with Crippen LogP contribution < -0.4 is 10.2 Å². The Kier molecular flexibility index (Phi) is 5.78. The van der Waals surface area contributed by atoms with Crippen molar-refractivity contribution >= 4 is 16.9 Å². The van der Waals surface area contributed by atoms with Gasteiger partial charge in [-0.15, -0.1) is 0 Å². The van der Waals surface area contributed by atoms with Gasteiger partial charge in [0.15, 0.2) is 0 Å². The topological polar surface area (TPSA) is 58.9 Å². The number of nitrogens with one attached hydrogen (secondary N) is 1. The molecule has 1 aliphatic heterocycles. The number of benzene rings is 1. The average Bonchev–Trinajstić information content (AvgIpc) is 3.01. The second kappa shape index (κ2) is 8.34. The van der Waals surface area contributed by atoms with E-state index in [1.54, 1.807) is 0 Å². The van der Waals surface area contributed by atoms with Crippen molar-refractivity contribution in [1.82, 2.24) is 25.1 Å².